The van der Waals surface area contributed by atoms with Gasteiger partial charge in [-0.25, -0.2) is 4.39 Å². The smallest absolute Gasteiger partial charge is 0.137 e. The molecule has 0 heterocycles. The first kappa shape index (κ1) is 15.4. The largest absolute Gasteiger partial charge is 0.388 e. The monoisotopic (exact) mass is 357 g/mol. The Balaban J connectivity index is 2.36. The third-order valence-electron chi connectivity index (χ3n) is 3.22. The second-order valence-electron chi connectivity index (χ2n) is 4.48. The van der Waals surface area contributed by atoms with E-state index in [2.05, 4.69) is 15.9 Å². The van der Waals surface area contributed by atoms with E-state index in [-0.39, 0.29) is 12.5 Å². The van der Waals surface area contributed by atoms with Crippen LogP contribution in [-0.2, 0) is 0 Å². The SMILES string of the molecule is NCC(c1ccccc1Cl)C(O)c1ccc(Br)c(F)c1. The Morgan fingerprint density at radius 3 is 2.55 bits per heavy atom. The average Bonchev–Trinajstić information content (AvgIpc) is 2.44. The van der Waals surface area contributed by atoms with Gasteiger partial charge in [-0.15, -0.1) is 0 Å². The maximum atomic E-state index is 13.6. The molecule has 5 heteroatoms. The Hall–Kier alpha value is -0.940. The van der Waals surface area contributed by atoms with Crippen LogP contribution in [0.15, 0.2) is 46.9 Å². The van der Waals surface area contributed by atoms with Gasteiger partial charge in [0.05, 0.1) is 10.6 Å². The van der Waals surface area contributed by atoms with Gasteiger partial charge in [0.25, 0.3) is 0 Å². The van der Waals surface area contributed by atoms with Gasteiger partial charge >= 0.3 is 0 Å². The summed E-state index contributed by atoms with van der Waals surface area (Å²) < 4.78 is 13.9. The maximum absolute atomic E-state index is 13.6. The second-order valence-corrected chi connectivity index (χ2v) is 5.74. The molecule has 0 aliphatic carbocycles. The van der Waals surface area contributed by atoms with Crippen molar-refractivity contribution in [2.24, 2.45) is 5.73 Å². The Kier molecular flexibility index (Phi) is 5.16. The van der Waals surface area contributed by atoms with Crippen LogP contribution >= 0.6 is 27.5 Å². The molecule has 0 saturated heterocycles. The highest BCUT2D eigenvalue weighted by Crippen LogP contribution is 2.34. The molecule has 106 valence electrons. The summed E-state index contributed by atoms with van der Waals surface area (Å²) in [5.41, 5.74) is 6.99. The molecule has 2 aromatic rings. The van der Waals surface area contributed by atoms with Crippen LogP contribution in [0.4, 0.5) is 4.39 Å². The van der Waals surface area contributed by atoms with Crippen LogP contribution in [0.1, 0.15) is 23.1 Å². The fraction of sp³-hybridized carbons (Fsp3) is 0.200. The van der Waals surface area contributed by atoms with Gasteiger partial charge in [0, 0.05) is 17.5 Å². The molecule has 0 saturated carbocycles. The minimum absolute atomic E-state index is 0.211. The van der Waals surface area contributed by atoms with Crippen molar-refractivity contribution in [3.8, 4) is 0 Å². The molecule has 2 atom stereocenters. The van der Waals surface area contributed by atoms with Crippen LogP contribution < -0.4 is 5.73 Å². The molecule has 0 spiro atoms. The van der Waals surface area contributed by atoms with Crippen molar-refractivity contribution < 1.29 is 9.50 Å². The highest BCUT2D eigenvalue weighted by molar-refractivity contribution is 9.10. The third kappa shape index (κ3) is 3.20. The van der Waals surface area contributed by atoms with E-state index in [0.717, 1.165) is 5.56 Å². The van der Waals surface area contributed by atoms with Crippen LogP contribution in [0.3, 0.4) is 0 Å². The number of halogens is 3. The minimum atomic E-state index is -0.914. The topological polar surface area (TPSA) is 46.2 Å². The Morgan fingerprint density at radius 1 is 1.25 bits per heavy atom. The van der Waals surface area contributed by atoms with Crippen molar-refractivity contribution in [3.05, 3.63) is 68.9 Å². The summed E-state index contributed by atoms with van der Waals surface area (Å²) in [4.78, 5) is 0. The molecule has 2 aromatic carbocycles. The molecule has 0 radical (unpaired) electrons. The van der Waals surface area contributed by atoms with Crippen molar-refractivity contribution in [1.82, 2.24) is 0 Å². The number of aliphatic hydroxyl groups is 1. The van der Waals surface area contributed by atoms with Crippen molar-refractivity contribution in [3.63, 3.8) is 0 Å². The molecule has 0 fully saturated rings. The molecule has 2 nitrogen and oxygen atoms in total. The number of benzene rings is 2. The standard InChI is InChI=1S/C15H14BrClFNO/c16-12-6-5-9(7-14(12)18)15(20)11(8-19)10-3-1-2-4-13(10)17/h1-7,11,15,20H,8,19H2. The Bertz CT molecular complexity index is 608. The zero-order chi connectivity index (χ0) is 14.7. The summed E-state index contributed by atoms with van der Waals surface area (Å²) in [6, 6.07) is 11.7. The number of aliphatic hydroxyl groups excluding tert-OH is 1. The van der Waals surface area contributed by atoms with Crippen LogP contribution in [0.5, 0.6) is 0 Å². The van der Waals surface area contributed by atoms with Gasteiger partial charge in [0.1, 0.15) is 5.82 Å². The quantitative estimate of drug-likeness (QED) is 0.867. The number of hydrogen-bond acceptors (Lipinski definition) is 2. The lowest BCUT2D eigenvalue weighted by Gasteiger charge is -2.23. The number of rotatable bonds is 4. The summed E-state index contributed by atoms with van der Waals surface area (Å²) in [5.74, 6) is -0.805. The van der Waals surface area contributed by atoms with Gasteiger partial charge in [0.2, 0.25) is 0 Å². The lowest BCUT2D eigenvalue weighted by Crippen LogP contribution is -2.20. The van der Waals surface area contributed by atoms with E-state index < -0.39 is 11.9 Å². The predicted molar refractivity (Wildman–Crippen MR) is 82.3 cm³/mol. The van der Waals surface area contributed by atoms with Gasteiger partial charge in [0.15, 0.2) is 0 Å². The van der Waals surface area contributed by atoms with E-state index in [1.807, 2.05) is 18.2 Å². The van der Waals surface area contributed by atoms with E-state index in [1.165, 1.54) is 6.07 Å². The summed E-state index contributed by atoms with van der Waals surface area (Å²) >= 11 is 9.22. The van der Waals surface area contributed by atoms with Crippen molar-refractivity contribution in [2.75, 3.05) is 6.54 Å². The summed E-state index contributed by atoms with van der Waals surface area (Å²) in [6.07, 6.45) is -0.914. The second kappa shape index (κ2) is 6.68. The van der Waals surface area contributed by atoms with Crippen LogP contribution in [0, 0.1) is 5.82 Å². The molecule has 0 amide bonds. The first-order chi connectivity index (χ1) is 9.54. The van der Waals surface area contributed by atoms with E-state index in [4.69, 9.17) is 17.3 Å². The van der Waals surface area contributed by atoms with Gasteiger partial charge in [-0.1, -0.05) is 35.9 Å². The highest BCUT2D eigenvalue weighted by atomic mass is 79.9. The van der Waals surface area contributed by atoms with Gasteiger partial charge in [-0.3, -0.25) is 0 Å². The lowest BCUT2D eigenvalue weighted by molar-refractivity contribution is 0.147. The molecule has 0 aliphatic heterocycles. The fourth-order valence-electron chi connectivity index (χ4n) is 2.13. The molecular weight excluding hydrogens is 345 g/mol. The summed E-state index contributed by atoms with van der Waals surface area (Å²) in [6.45, 7) is 0.211. The minimum Gasteiger partial charge on any atom is -0.388 e. The van der Waals surface area contributed by atoms with Gasteiger partial charge in [-0.05, 0) is 45.3 Å². The molecular formula is C15H14BrClFNO. The molecule has 2 unspecified atom stereocenters. The van der Waals surface area contributed by atoms with Gasteiger partial charge in [-0.2, -0.15) is 0 Å². The van der Waals surface area contributed by atoms with E-state index in [0.29, 0.717) is 15.1 Å². The molecule has 20 heavy (non-hydrogen) atoms. The highest BCUT2D eigenvalue weighted by Gasteiger charge is 2.24. The maximum Gasteiger partial charge on any atom is 0.137 e. The van der Waals surface area contributed by atoms with Crippen LogP contribution in [0.2, 0.25) is 5.02 Å². The normalized spacial score (nSPS) is 14.1. The molecule has 0 aliphatic rings. The lowest BCUT2D eigenvalue weighted by atomic mass is 9.89. The zero-order valence-corrected chi connectivity index (χ0v) is 12.9. The average molecular weight is 359 g/mol. The predicted octanol–water partition coefficient (Wildman–Crippen LogP) is 4.02. The van der Waals surface area contributed by atoms with Crippen molar-refractivity contribution in [1.29, 1.82) is 0 Å². The van der Waals surface area contributed by atoms with E-state index >= 15 is 0 Å². The molecule has 0 bridgehead atoms. The Labute approximate surface area is 130 Å². The van der Waals surface area contributed by atoms with Crippen LogP contribution in [-0.4, -0.2) is 11.7 Å². The molecule has 3 N–H and O–H groups in total. The fourth-order valence-corrected chi connectivity index (χ4v) is 2.65. The zero-order valence-electron chi connectivity index (χ0n) is 10.6. The van der Waals surface area contributed by atoms with Crippen molar-refractivity contribution in [2.45, 2.75) is 12.0 Å². The first-order valence-corrected chi connectivity index (χ1v) is 7.29. The third-order valence-corrected chi connectivity index (χ3v) is 4.21. The molecule has 0 aromatic heterocycles. The van der Waals surface area contributed by atoms with Crippen LogP contribution in [0.25, 0.3) is 0 Å². The van der Waals surface area contributed by atoms with E-state index in [1.54, 1.807) is 18.2 Å². The molecule has 2 rings (SSSR count). The van der Waals surface area contributed by atoms with Gasteiger partial charge < -0.3 is 10.8 Å². The first-order valence-electron chi connectivity index (χ1n) is 6.12. The Morgan fingerprint density at radius 2 is 1.95 bits per heavy atom. The number of nitrogens with two attached hydrogens (primary N) is 1. The van der Waals surface area contributed by atoms with Crippen molar-refractivity contribution >= 4 is 27.5 Å². The number of hydrogen-bond donors (Lipinski definition) is 2. The summed E-state index contributed by atoms with van der Waals surface area (Å²) in [7, 11) is 0. The van der Waals surface area contributed by atoms with E-state index in [9.17, 15) is 9.50 Å². The summed E-state index contributed by atoms with van der Waals surface area (Å²) in [5, 5.41) is 11.0.